The van der Waals surface area contributed by atoms with Crippen LogP contribution in [0.25, 0.3) is 0 Å². The lowest BCUT2D eigenvalue weighted by Gasteiger charge is -2.18. The maximum absolute atomic E-state index is 10.9. The van der Waals surface area contributed by atoms with Gasteiger partial charge in [-0.2, -0.15) is 0 Å². The zero-order chi connectivity index (χ0) is 11.2. The molecule has 0 aromatic heterocycles. The molecule has 0 heterocycles. The zero-order valence-corrected chi connectivity index (χ0v) is 8.93. The summed E-state index contributed by atoms with van der Waals surface area (Å²) in [5, 5.41) is 9.14. The SMILES string of the molecule is CCCC(CCN(O)C=O)P(=O)(O)O. The van der Waals surface area contributed by atoms with Crippen LogP contribution in [-0.2, 0) is 9.36 Å². The predicted octanol–water partition coefficient (Wildman–Crippen LogP) is 0.570. The summed E-state index contributed by atoms with van der Waals surface area (Å²) < 4.78 is 10.9. The minimum Gasteiger partial charge on any atom is -0.324 e. The van der Waals surface area contributed by atoms with E-state index in [9.17, 15) is 9.36 Å². The van der Waals surface area contributed by atoms with Crippen molar-refractivity contribution in [2.24, 2.45) is 0 Å². The van der Waals surface area contributed by atoms with Gasteiger partial charge in [0.15, 0.2) is 0 Å². The maximum Gasteiger partial charge on any atom is 0.328 e. The lowest BCUT2D eigenvalue weighted by molar-refractivity contribution is -0.149. The van der Waals surface area contributed by atoms with E-state index in [0.717, 1.165) is 0 Å². The van der Waals surface area contributed by atoms with E-state index in [1.807, 2.05) is 6.92 Å². The monoisotopic (exact) mass is 225 g/mol. The normalized spacial score (nSPS) is 13.7. The average molecular weight is 225 g/mol. The maximum atomic E-state index is 10.9. The number of carbonyl (C=O) groups is 1. The molecule has 0 aliphatic heterocycles. The molecule has 0 aliphatic carbocycles. The summed E-state index contributed by atoms with van der Waals surface area (Å²) in [6.45, 7) is 1.76. The highest BCUT2D eigenvalue weighted by Gasteiger charge is 2.27. The van der Waals surface area contributed by atoms with Crippen LogP contribution in [0.5, 0.6) is 0 Å². The van der Waals surface area contributed by atoms with E-state index in [1.54, 1.807) is 0 Å². The Morgan fingerprint density at radius 2 is 2.00 bits per heavy atom. The van der Waals surface area contributed by atoms with E-state index in [-0.39, 0.29) is 19.4 Å². The highest BCUT2D eigenvalue weighted by Crippen LogP contribution is 2.45. The van der Waals surface area contributed by atoms with E-state index < -0.39 is 13.3 Å². The first kappa shape index (κ1) is 13.6. The number of hydroxylamine groups is 2. The van der Waals surface area contributed by atoms with Gasteiger partial charge >= 0.3 is 7.60 Å². The second-order valence-corrected chi connectivity index (χ2v) is 5.00. The second kappa shape index (κ2) is 6.14. The number of amides is 1. The van der Waals surface area contributed by atoms with Crippen molar-refractivity contribution in [1.82, 2.24) is 5.06 Å². The molecule has 0 spiro atoms. The average Bonchev–Trinajstić information content (AvgIpc) is 2.09. The smallest absolute Gasteiger partial charge is 0.324 e. The van der Waals surface area contributed by atoms with Crippen molar-refractivity contribution in [3.05, 3.63) is 0 Å². The number of hydrogen-bond donors (Lipinski definition) is 3. The lowest BCUT2D eigenvalue weighted by atomic mass is 10.2. The van der Waals surface area contributed by atoms with Crippen LogP contribution in [0.3, 0.4) is 0 Å². The van der Waals surface area contributed by atoms with Crippen molar-refractivity contribution in [3.8, 4) is 0 Å². The van der Waals surface area contributed by atoms with E-state index in [1.165, 1.54) is 0 Å². The Kier molecular flexibility index (Phi) is 5.95. The van der Waals surface area contributed by atoms with Gasteiger partial charge < -0.3 is 9.79 Å². The van der Waals surface area contributed by atoms with Gasteiger partial charge in [0.25, 0.3) is 0 Å². The minimum absolute atomic E-state index is 0.0563. The fraction of sp³-hybridized carbons (Fsp3) is 0.857. The molecule has 84 valence electrons. The standard InChI is InChI=1S/C7H16NO5P/c1-2-3-7(14(11,12)13)4-5-8(10)6-9/h6-7,10H,2-5H2,1H3,(H2,11,12,13). The van der Waals surface area contributed by atoms with Crippen molar-refractivity contribution in [1.29, 1.82) is 0 Å². The van der Waals surface area contributed by atoms with Crippen LogP contribution in [0.1, 0.15) is 26.2 Å². The van der Waals surface area contributed by atoms with Crippen LogP contribution in [0.15, 0.2) is 0 Å². The molecule has 0 aromatic rings. The van der Waals surface area contributed by atoms with Gasteiger partial charge in [0.1, 0.15) is 0 Å². The van der Waals surface area contributed by atoms with Crippen LogP contribution in [0.4, 0.5) is 0 Å². The quantitative estimate of drug-likeness (QED) is 0.254. The number of hydrogen-bond acceptors (Lipinski definition) is 3. The number of rotatable bonds is 7. The van der Waals surface area contributed by atoms with E-state index in [4.69, 9.17) is 15.0 Å². The summed E-state index contributed by atoms with van der Waals surface area (Å²) in [5.74, 6) is 0. The molecule has 1 unspecified atom stereocenters. The molecule has 7 heteroatoms. The van der Waals surface area contributed by atoms with Crippen molar-refractivity contribution in [2.45, 2.75) is 31.8 Å². The van der Waals surface area contributed by atoms with Gasteiger partial charge in [0, 0.05) is 6.54 Å². The summed E-state index contributed by atoms with van der Waals surface area (Å²) in [5.41, 5.74) is -0.776. The van der Waals surface area contributed by atoms with Gasteiger partial charge in [-0.3, -0.25) is 14.6 Å². The molecule has 6 nitrogen and oxygen atoms in total. The summed E-state index contributed by atoms with van der Waals surface area (Å²) in [6.07, 6.45) is 1.36. The van der Waals surface area contributed by atoms with Gasteiger partial charge in [-0.05, 0) is 12.8 Å². The summed E-state index contributed by atoms with van der Waals surface area (Å²) in [7, 11) is -4.11. The van der Waals surface area contributed by atoms with Gasteiger partial charge in [-0.15, -0.1) is 0 Å². The van der Waals surface area contributed by atoms with E-state index >= 15 is 0 Å². The van der Waals surface area contributed by atoms with E-state index in [2.05, 4.69) is 0 Å². The van der Waals surface area contributed by atoms with Gasteiger partial charge in [-0.1, -0.05) is 13.3 Å². The molecule has 0 aromatic carbocycles. The van der Waals surface area contributed by atoms with Crippen LogP contribution < -0.4 is 0 Å². The third-order valence-corrected chi connectivity index (χ3v) is 3.38. The van der Waals surface area contributed by atoms with Gasteiger partial charge in [0.2, 0.25) is 6.41 Å². The summed E-state index contributed by atoms with van der Waals surface area (Å²) in [4.78, 5) is 27.8. The Hall–Kier alpha value is -0.420. The van der Waals surface area contributed by atoms with Crippen molar-refractivity contribution < 1.29 is 24.4 Å². The molecule has 0 radical (unpaired) electrons. The Morgan fingerprint density at radius 3 is 2.36 bits per heavy atom. The van der Waals surface area contributed by atoms with Gasteiger partial charge in [-0.25, -0.2) is 5.06 Å². The summed E-state index contributed by atoms with van der Waals surface area (Å²) in [6, 6.07) is 0. The molecule has 0 bridgehead atoms. The largest absolute Gasteiger partial charge is 0.328 e. The van der Waals surface area contributed by atoms with Gasteiger partial charge in [0.05, 0.1) is 5.66 Å². The van der Waals surface area contributed by atoms with E-state index in [0.29, 0.717) is 17.9 Å². The minimum atomic E-state index is -4.11. The Balaban J connectivity index is 4.11. The molecule has 1 amide bonds. The van der Waals surface area contributed by atoms with Crippen LogP contribution in [0.2, 0.25) is 0 Å². The molecule has 14 heavy (non-hydrogen) atoms. The highest BCUT2D eigenvalue weighted by atomic mass is 31.2. The Morgan fingerprint density at radius 1 is 1.43 bits per heavy atom. The van der Waals surface area contributed by atoms with Crippen molar-refractivity contribution in [3.63, 3.8) is 0 Å². The number of nitrogens with zero attached hydrogens (tertiary/aromatic N) is 1. The Labute approximate surface area is 82.6 Å². The second-order valence-electron chi connectivity index (χ2n) is 3.09. The first-order valence-corrected chi connectivity index (χ1v) is 6.06. The molecule has 0 saturated carbocycles. The lowest BCUT2D eigenvalue weighted by Crippen LogP contribution is -2.22. The highest BCUT2D eigenvalue weighted by molar-refractivity contribution is 7.52. The summed E-state index contributed by atoms with van der Waals surface area (Å²) >= 11 is 0. The third kappa shape index (κ3) is 5.34. The molecule has 0 rings (SSSR count). The molecule has 0 saturated heterocycles. The fourth-order valence-electron chi connectivity index (χ4n) is 1.15. The topological polar surface area (TPSA) is 98.1 Å². The first-order valence-electron chi connectivity index (χ1n) is 4.37. The molecular formula is C7H16NO5P. The Bertz CT molecular complexity index is 216. The molecule has 0 aliphatic rings. The molecule has 0 fully saturated rings. The van der Waals surface area contributed by atoms with Crippen LogP contribution in [0, 0.1) is 0 Å². The first-order chi connectivity index (χ1) is 6.41. The van der Waals surface area contributed by atoms with Crippen molar-refractivity contribution in [2.75, 3.05) is 6.54 Å². The molecular weight excluding hydrogens is 209 g/mol. The number of carbonyl (C=O) groups excluding carboxylic acids is 1. The predicted molar refractivity (Wildman–Crippen MR) is 49.9 cm³/mol. The zero-order valence-electron chi connectivity index (χ0n) is 8.04. The third-order valence-electron chi connectivity index (χ3n) is 1.91. The molecule has 1 atom stereocenters. The van der Waals surface area contributed by atoms with Crippen LogP contribution >= 0.6 is 7.60 Å². The van der Waals surface area contributed by atoms with Crippen molar-refractivity contribution >= 4 is 14.0 Å². The van der Waals surface area contributed by atoms with Crippen LogP contribution in [-0.4, -0.2) is 38.7 Å². The fourth-order valence-corrected chi connectivity index (χ4v) is 2.19. The molecule has 3 N–H and O–H groups in total.